The minimum atomic E-state index is -0.922. The molecule has 2 amide bonds. The lowest BCUT2D eigenvalue weighted by molar-refractivity contribution is -0.122. The topological polar surface area (TPSA) is 72.6 Å². The van der Waals surface area contributed by atoms with Gasteiger partial charge < -0.3 is 15.4 Å². The van der Waals surface area contributed by atoms with Crippen molar-refractivity contribution in [3.8, 4) is 5.75 Å². The van der Waals surface area contributed by atoms with E-state index in [1.54, 1.807) is 13.2 Å². The largest absolute Gasteiger partial charge is 0.497 e. The fourth-order valence-electron chi connectivity index (χ4n) is 3.95. The third-order valence-electron chi connectivity index (χ3n) is 5.46. The number of primary amides is 1. The zero-order valence-electron chi connectivity index (χ0n) is 17.8. The molecule has 0 radical (unpaired) electrons. The number of nitrogens with zero attached hydrogens (tertiary/aromatic N) is 1. The van der Waals surface area contributed by atoms with Gasteiger partial charge in [-0.1, -0.05) is 78.9 Å². The average Bonchev–Trinajstić information content (AvgIpc) is 2.83. The van der Waals surface area contributed by atoms with Crippen LogP contribution in [0.1, 0.15) is 27.5 Å². The molecule has 0 spiro atoms. The van der Waals surface area contributed by atoms with E-state index < -0.39 is 11.9 Å². The maximum absolute atomic E-state index is 13.9. The Morgan fingerprint density at radius 1 is 0.875 bits per heavy atom. The van der Waals surface area contributed by atoms with Gasteiger partial charge in [0.15, 0.2) is 0 Å². The Labute approximate surface area is 187 Å². The van der Waals surface area contributed by atoms with Crippen molar-refractivity contribution in [3.63, 3.8) is 0 Å². The molecule has 0 aliphatic heterocycles. The van der Waals surface area contributed by atoms with Gasteiger partial charge in [0.25, 0.3) is 5.91 Å². The van der Waals surface area contributed by atoms with Gasteiger partial charge in [0, 0.05) is 12.1 Å². The molecule has 5 heteroatoms. The number of ether oxygens (including phenoxy) is 1. The number of amides is 2. The predicted octanol–water partition coefficient (Wildman–Crippen LogP) is 4.72. The van der Waals surface area contributed by atoms with E-state index in [9.17, 15) is 9.59 Å². The molecule has 0 aliphatic carbocycles. The molecular weight excluding hydrogens is 400 g/mol. The standard InChI is InChI=1S/C27H24N2O3/c1-32-22-14-7-9-19(17-22)18-29(25(26(28)30)21-11-3-2-4-12-21)27(31)24-16-8-13-20-10-5-6-15-23(20)24/h2-17,25H,18H2,1H3,(H2,28,30)/t25-/m1/s1. The van der Waals surface area contributed by atoms with Crippen molar-refractivity contribution in [2.24, 2.45) is 5.73 Å². The van der Waals surface area contributed by atoms with Crippen molar-refractivity contribution >= 4 is 22.6 Å². The van der Waals surface area contributed by atoms with Crippen LogP contribution in [0.15, 0.2) is 97.1 Å². The highest BCUT2D eigenvalue weighted by Gasteiger charge is 2.31. The fraction of sp³-hybridized carbons (Fsp3) is 0.111. The predicted molar refractivity (Wildman–Crippen MR) is 125 cm³/mol. The molecule has 0 saturated carbocycles. The van der Waals surface area contributed by atoms with E-state index >= 15 is 0 Å². The summed E-state index contributed by atoms with van der Waals surface area (Å²) in [6.07, 6.45) is 0. The Kier molecular flexibility index (Phi) is 6.17. The molecule has 32 heavy (non-hydrogen) atoms. The van der Waals surface area contributed by atoms with Gasteiger partial charge in [0.2, 0.25) is 5.91 Å². The smallest absolute Gasteiger partial charge is 0.255 e. The van der Waals surface area contributed by atoms with Gasteiger partial charge in [-0.2, -0.15) is 0 Å². The summed E-state index contributed by atoms with van der Waals surface area (Å²) in [5, 5.41) is 1.78. The molecule has 0 unspecified atom stereocenters. The normalized spacial score (nSPS) is 11.7. The van der Waals surface area contributed by atoms with Crippen LogP contribution in [-0.4, -0.2) is 23.8 Å². The summed E-state index contributed by atoms with van der Waals surface area (Å²) in [6, 6.07) is 29.0. The monoisotopic (exact) mass is 424 g/mol. The first-order valence-corrected chi connectivity index (χ1v) is 10.3. The number of rotatable bonds is 7. The van der Waals surface area contributed by atoms with Gasteiger partial charge in [-0.15, -0.1) is 0 Å². The zero-order chi connectivity index (χ0) is 22.5. The highest BCUT2D eigenvalue weighted by Crippen LogP contribution is 2.28. The van der Waals surface area contributed by atoms with E-state index in [2.05, 4.69) is 0 Å². The Morgan fingerprint density at radius 3 is 2.31 bits per heavy atom. The summed E-state index contributed by atoms with van der Waals surface area (Å²) in [6.45, 7) is 0.196. The van der Waals surface area contributed by atoms with Crippen molar-refractivity contribution in [3.05, 3.63) is 114 Å². The molecule has 5 nitrogen and oxygen atoms in total. The molecule has 1 atom stereocenters. The second-order valence-electron chi connectivity index (χ2n) is 7.53. The molecule has 0 heterocycles. The Bertz CT molecular complexity index is 1250. The molecular formula is C27H24N2O3. The van der Waals surface area contributed by atoms with Crippen LogP contribution in [-0.2, 0) is 11.3 Å². The zero-order valence-corrected chi connectivity index (χ0v) is 17.8. The molecule has 4 aromatic rings. The number of carbonyl (C=O) groups excluding carboxylic acids is 2. The summed E-state index contributed by atoms with van der Waals surface area (Å²) in [7, 11) is 1.59. The second-order valence-corrected chi connectivity index (χ2v) is 7.53. The molecule has 160 valence electrons. The van der Waals surface area contributed by atoms with Crippen molar-refractivity contribution in [1.29, 1.82) is 0 Å². The third kappa shape index (κ3) is 4.32. The highest BCUT2D eigenvalue weighted by molar-refractivity contribution is 6.08. The van der Waals surface area contributed by atoms with Crippen molar-refractivity contribution in [1.82, 2.24) is 4.90 Å². The molecule has 0 bridgehead atoms. The number of hydrogen-bond acceptors (Lipinski definition) is 3. The van der Waals surface area contributed by atoms with Gasteiger partial charge in [-0.05, 0) is 40.1 Å². The van der Waals surface area contributed by atoms with E-state index in [0.29, 0.717) is 16.9 Å². The Hall–Kier alpha value is -4.12. The summed E-state index contributed by atoms with van der Waals surface area (Å²) in [4.78, 5) is 28.1. The number of hydrogen-bond donors (Lipinski definition) is 1. The fourth-order valence-corrected chi connectivity index (χ4v) is 3.95. The maximum atomic E-state index is 13.9. The van der Waals surface area contributed by atoms with E-state index in [0.717, 1.165) is 16.3 Å². The number of benzene rings is 4. The Balaban J connectivity index is 1.84. The Morgan fingerprint density at radius 2 is 1.56 bits per heavy atom. The van der Waals surface area contributed by atoms with E-state index in [-0.39, 0.29) is 12.5 Å². The lowest BCUT2D eigenvalue weighted by Crippen LogP contribution is -2.41. The maximum Gasteiger partial charge on any atom is 0.255 e. The molecule has 0 aromatic heterocycles. The quantitative estimate of drug-likeness (QED) is 0.467. The molecule has 0 saturated heterocycles. The number of nitrogens with two attached hydrogens (primary N) is 1. The minimum absolute atomic E-state index is 0.196. The lowest BCUT2D eigenvalue weighted by atomic mass is 9.99. The van der Waals surface area contributed by atoms with Crippen molar-refractivity contribution in [2.75, 3.05) is 7.11 Å². The van der Waals surface area contributed by atoms with E-state index in [4.69, 9.17) is 10.5 Å². The summed E-state index contributed by atoms with van der Waals surface area (Å²) in [5.74, 6) is -0.180. The molecule has 0 fully saturated rings. The van der Waals surface area contributed by atoms with Crippen LogP contribution in [0.3, 0.4) is 0 Å². The number of methoxy groups -OCH3 is 1. The number of fused-ring (bicyclic) bond motifs is 1. The van der Waals surface area contributed by atoms with Crippen LogP contribution in [0, 0.1) is 0 Å². The third-order valence-corrected chi connectivity index (χ3v) is 5.46. The van der Waals surface area contributed by atoms with Crippen LogP contribution in [0.25, 0.3) is 10.8 Å². The average molecular weight is 425 g/mol. The van der Waals surface area contributed by atoms with E-state index in [1.165, 1.54) is 4.90 Å². The van der Waals surface area contributed by atoms with Crippen molar-refractivity contribution in [2.45, 2.75) is 12.6 Å². The SMILES string of the molecule is COc1cccc(CN(C(=O)c2cccc3ccccc23)[C@@H](C(N)=O)c2ccccc2)c1. The van der Waals surface area contributed by atoms with Gasteiger partial charge in [0.1, 0.15) is 11.8 Å². The van der Waals surface area contributed by atoms with Crippen LogP contribution in [0.2, 0.25) is 0 Å². The van der Waals surface area contributed by atoms with Gasteiger partial charge >= 0.3 is 0 Å². The number of carbonyl (C=O) groups is 2. The summed E-state index contributed by atoms with van der Waals surface area (Å²) >= 11 is 0. The van der Waals surface area contributed by atoms with Gasteiger partial charge in [-0.3, -0.25) is 9.59 Å². The van der Waals surface area contributed by atoms with E-state index in [1.807, 2.05) is 91.0 Å². The molecule has 0 aliphatic rings. The first-order valence-electron chi connectivity index (χ1n) is 10.3. The molecule has 4 aromatic carbocycles. The highest BCUT2D eigenvalue weighted by atomic mass is 16.5. The van der Waals surface area contributed by atoms with Crippen LogP contribution >= 0.6 is 0 Å². The second kappa shape index (κ2) is 9.35. The summed E-state index contributed by atoms with van der Waals surface area (Å²) in [5.41, 5.74) is 7.87. The van der Waals surface area contributed by atoms with Crippen LogP contribution < -0.4 is 10.5 Å². The van der Waals surface area contributed by atoms with Gasteiger partial charge in [-0.25, -0.2) is 0 Å². The van der Waals surface area contributed by atoms with Crippen molar-refractivity contribution < 1.29 is 14.3 Å². The summed E-state index contributed by atoms with van der Waals surface area (Å²) < 4.78 is 5.34. The van der Waals surface area contributed by atoms with Crippen LogP contribution in [0.4, 0.5) is 0 Å². The first-order chi connectivity index (χ1) is 15.6. The molecule has 4 rings (SSSR count). The van der Waals surface area contributed by atoms with Gasteiger partial charge in [0.05, 0.1) is 7.11 Å². The first kappa shape index (κ1) is 21.1. The molecule has 2 N–H and O–H groups in total. The lowest BCUT2D eigenvalue weighted by Gasteiger charge is -2.31. The van der Waals surface area contributed by atoms with Crippen LogP contribution in [0.5, 0.6) is 5.75 Å². The minimum Gasteiger partial charge on any atom is -0.497 e.